The number of carbonyl (C=O) groups is 1. The third kappa shape index (κ3) is 1.64. The number of rotatable bonds is 0. The lowest BCUT2D eigenvalue weighted by Crippen LogP contribution is -2.12. The first-order valence-corrected chi connectivity index (χ1v) is 4.20. The van der Waals surface area contributed by atoms with Crippen LogP contribution in [0, 0.1) is 0 Å². The van der Waals surface area contributed by atoms with Gasteiger partial charge in [-0.2, -0.15) is 0 Å². The minimum atomic E-state index is -0.626. The normalized spacial score (nSPS) is 21.0. The van der Waals surface area contributed by atoms with Gasteiger partial charge in [0.25, 0.3) is 0 Å². The number of hydrogen-bond donors (Lipinski definition) is 0. The summed E-state index contributed by atoms with van der Waals surface area (Å²) >= 11 is 0. The van der Waals surface area contributed by atoms with Gasteiger partial charge < -0.3 is 9.47 Å². The second-order valence-corrected chi connectivity index (χ2v) is 3.13. The van der Waals surface area contributed by atoms with Gasteiger partial charge in [0.05, 0.1) is 0 Å². The smallest absolute Gasteiger partial charge is 0.433 e. The Balaban J connectivity index is 2.36. The van der Waals surface area contributed by atoms with E-state index in [2.05, 4.69) is 0 Å². The van der Waals surface area contributed by atoms with Crippen LogP contribution in [0.3, 0.4) is 0 Å². The van der Waals surface area contributed by atoms with Crippen molar-refractivity contribution in [3.63, 3.8) is 0 Å². The minimum Gasteiger partial charge on any atom is -0.433 e. The fourth-order valence-corrected chi connectivity index (χ4v) is 1.28. The lowest BCUT2D eigenvalue weighted by Gasteiger charge is -2.08. The zero-order chi connectivity index (χ0) is 9.26. The Bertz CT molecular complexity index is 315. The third-order valence-electron chi connectivity index (χ3n) is 2.10. The summed E-state index contributed by atoms with van der Waals surface area (Å²) in [4.78, 5) is 11.0. The maximum Gasteiger partial charge on any atom is 0.513 e. The first kappa shape index (κ1) is 8.10. The van der Waals surface area contributed by atoms with E-state index < -0.39 is 6.16 Å². The average molecular weight is 178 g/mol. The number of fused-ring (bicyclic) bond motifs is 6. The van der Waals surface area contributed by atoms with Crippen molar-refractivity contribution < 1.29 is 14.3 Å². The van der Waals surface area contributed by atoms with Crippen molar-refractivity contribution in [2.75, 3.05) is 6.61 Å². The predicted octanol–water partition coefficient (Wildman–Crippen LogP) is 2.32. The highest BCUT2D eigenvalue weighted by atomic mass is 16.7. The van der Waals surface area contributed by atoms with Crippen LogP contribution in [0.15, 0.2) is 24.3 Å². The van der Waals surface area contributed by atoms with Crippen LogP contribution >= 0.6 is 0 Å². The van der Waals surface area contributed by atoms with E-state index in [0.717, 1.165) is 5.56 Å². The van der Waals surface area contributed by atoms with Crippen molar-refractivity contribution in [3.05, 3.63) is 29.8 Å². The Labute approximate surface area is 76.3 Å². The fraction of sp³-hybridized carbons (Fsp3) is 0.300. The lowest BCUT2D eigenvalue weighted by atomic mass is 10.0. The number of benzene rings is 1. The molecule has 2 aliphatic rings. The molecule has 0 aliphatic carbocycles. The van der Waals surface area contributed by atoms with Gasteiger partial charge in [0.15, 0.2) is 0 Å². The Morgan fingerprint density at radius 3 is 2.69 bits per heavy atom. The molecule has 1 atom stereocenters. The molecule has 0 radical (unpaired) electrons. The first-order chi connectivity index (χ1) is 6.25. The van der Waals surface area contributed by atoms with Crippen molar-refractivity contribution in [2.45, 2.75) is 12.8 Å². The summed E-state index contributed by atoms with van der Waals surface area (Å²) in [7, 11) is 0. The molecule has 0 amide bonds. The fourth-order valence-electron chi connectivity index (χ4n) is 1.28. The molecule has 0 fully saturated rings. The van der Waals surface area contributed by atoms with E-state index in [-0.39, 0.29) is 5.92 Å². The van der Waals surface area contributed by atoms with E-state index in [1.165, 1.54) is 0 Å². The number of ether oxygens (including phenoxy) is 2. The van der Waals surface area contributed by atoms with Crippen LogP contribution < -0.4 is 4.74 Å². The van der Waals surface area contributed by atoms with Gasteiger partial charge in [-0.05, 0) is 17.7 Å². The summed E-state index contributed by atoms with van der Waals surface area (Å²) in [6, 6.07) is 7.45. The van der Waals surface area contributed by atoms with E-state index in [4.69, 9.17) is 9.47 Å². The molecular weight excluding hydrogens is 168 g/mol. The van der Waals surface area contributed by atoms with Gasteiger partial charge in [-0.3, -0.25) is 0 Å². The van der Waals surface area contributed by atoms with Gasteiger partial charge >= 0.3 is 6.16 Å². The van der Waals surface area contributed by atoms with E-state index in [1.807, 2.05) is 19.1 Å². The topological polar surface area (TPSA) is 35.5 Å². The SMILES string of the molecule is CC1COC(=O)Oc2ccc1cc2. The summed E-state index contributed by atoms with van der Waals surface area (Å²) in [6.07, 6.45) is -0.626. The van der Waals surface area contributed by atoms with Crippen LogP contribution in [0.25, 0.3) is 0 Å². The summed E-state index contributed by atoms with van der Waals surface area (Å²) < 4.78 is 9.75. The van der Waals surface area contributed by atoms with Crippen molar-refractivity contribution in [2.24, 2.45) is 0 Å². The molecule has 0 saturated carbocycles. The monoisotopic (exact) mass is 178 g/mol. The van der Waals surface area contributed by atoms with Crippen molar-refractivity contribution in [1.82, 2.24) is 0 Å². The highest BCUT2D eigenvalue weighted by molar-refractivity contribution is 5.64. The van der Waals surface area contributed by atoms with Crippen LogP contribution in [-0.2, 0) is 4.74 Å². The summed E-state index contributed by atoms with van der Waals surface area (Å²) in [5.74, 6) is 0.752. The minimum absolute atomic E-state index is 0.222. The van der Waals surface area contributed by atoms with Gasteiger partial charge in [0.1, 0.15) is 12.4 Å². The van der Waals surface area contributed by atoms with Gasteiger partial charge in [-0.1, -0.05) is 19.1 Å². The van der Waals surface area contributed by atoms with Crippen LogP contribution in [0.5, 0.6) is 5.75 Å². The summed E-state index contributed by atoms with van der Waals surface area (Å²) in [6.45, 7) is 2.38. The van der Waals surface area contributed by atoms with Gasteiger partial charge in [0.2, 0.25) is 0 Å². The molecule has 3 heteroatoms. The quantitative estimate of drug-likeness (QED) is 0.451. The average Bonchev–Trinajstić information content (AvgIpc) is 2.23. The van der Waals surface area contributed by atoms with Crippen LogP contribution in [0.2, 0.25) is 0 Å². The third-order valence-corrected chi connectivity index (χ3v) is 2.10. The van der Waals surface area contributed by atoms with Crippen molar-refractivity contribution in [3.8, 4) is 5.75 Å². The Hall–Kier alpha value is -1.51. The highest BCUT2D eigenvalue weighted by Crippen LogP contribution is 2.22. The molecule has 13 heavy (non-hydrogen) atoms. The van der Waals surface area contributed by atoms with Crippen LogP contribution in [0.4, 0.5) is 4.79 Å². The standard InChI is InChI=1S/C10H10O3/c1-7-6-12-10(11)13-9-4-2-8(7)3-5-9/h2-5,7H,6H2,1H3. The molecule has 0 aromatic heterocycles. The molecular formula is C10H10O3. The Morgan fingerprint density at radius 2 is 2.00 bits per heavy atom. The predicted molar refractivity (Wildman–Crippen MR) is 46.8 cm³/mol. The molecule has 2 aliphatic heterocycles. The zero-order valence-electron chi connectivity index (χ0n) is 7.32. The molecule has 0 N–H and O–H groups in total. The number of hydrogen-bond acceptors (Lipinski definition) is 3. The van der Waals surface area contributed by atoms with Gasteiger partial charge in [0, 0.05) is 5.92 Å². The second-order valence-electron chi connectivity index (χ2n) is 3.13. The van der Waals surface area contributed by atoms with E-state index >= 15 is 0 Å². The highest BCUT2D eigenvalue weighted by Gasteiger charge is 2.14. The van der Waals surface area contributed by atoms with Crippen LogP contribution in [0.1, 0.15) is 18.4 Å². The summed E-state index contributed by atoms with van der Waals surface area (Å²) in [5, 5.41) is 0. The van der Waals surface area contributed by atoms with E-state index in [0.29, 0.717) is 12.4 Å². The molecule has 3 rings (SSSR count). The number of carbonyl (C=O) groups excluding carboxylic acids is 1. The lowest BCUT2D eigenvalue weighted by molar-refractivity contribution is 0.0956. The van der Waals surface area contributed by atoms with E-state index in [1.54, 1.807) is 12.1 Å². The van der Waals surface area contributed by atoms with E-state index in [9.17, 15) is 4.79 Å². The van der Waals surface area contributed by atoms with Gasteiger partial charge in [-0.15, -0.1) is 0 Å². The molecule has 1 unspecified atom stereocenters. The zero-order valence-corrected chi connectivity index (χ0v) is 7.32. The van der Waals surface area contributed by atoms with Gasteiger partial charge in [-0.25, -0.2) is 4.79 Å². The van der Waals surface area contributed by atoms with Crippen molar-refractivity contribution in [1.29, 1.82) is 0 Å². The first-order valence-electron chi connectivity index (χ1n) is 4.20. The molecule has 3 nitrogen and oxygen atoms in total. The molecule has 1 aromatic carbocycles. The second kappa shape index (κ2) is 3.09. The molecule has 68 valence electrons. The largest absolute Gasteiger partial charge is 0.513 e. The Morgan fingerprint density at radius 1 is 1.31 bits per heavy atom. The molecule has 2 heterocycles. The maximum atomic E-state index is 11.0. The van der Waals surface area contributed by atoms with Crippen LogP contribution in [-0.4, -0.2) is 12.8 Å². The van der Waals surface area contributed by atoms with Crippen molar-refractivity contribution >= 4 is 6.16 Å². The molecule has 0 spiro atoms. The molecule has 1 aromatic rings. The molecule has 2 bridgehead atoms. The maximum absolute atomic E-state index is 11.0. The summed E-state index contributed by atoms with van der Waals surface area (Å²) in [5.41, 5.74) is 1.15. The Kier molecular flexibility index (Phi) is 1.93. The molecule has 0 saturated heterocycles.